The number of rotatable bonds is 6. The van der Waals surface area contributed by atoms with E-state index in [1.54, 1.807) is 18.3 Å². The molecular weight excluding hydrogens is 236 g/mol. The minimum absolute atomic E-state index is 0.0969. The van der Waals surface area contributed by atoms with Crippen LogP contribution in [-0.2, 0) is 6.42 Å². The highest BCUT2D eigenvalue weighted by Gasteiger charge is 2.04. The lowest BCUT2D eigenvalue weighted by Crippen LogP contribution is -2.25. The van der Waals surface area contributed by atoms with Crippen LogP contribution in [-0.4, -0.2) is 17.4 Å². The van der Waals surface area contributed by atoms with Gasteiger partial charge in [-0.25, -0.2) is 0 Å². The maximum Gasteiger partial charge on any atom is 0.269 e. The molecule has 0 unspecified atom stereocenters. The molecule has 0 atom stereocenters. The molecule has 1 aromatic heterocycles. The Hall–Kier alpha value is -2.16. The highest BCUT2D eigenvalue weighted by Crippen LogP contribution is 2.04. The van der Waals surface area contributed by atoms with Crippen molar-refractivity contribution in [1.82, 2.24) is 10.3 Å². The van der Waals surface area contributed by atoms with Crippen LogP contribution in [0.5, 0.6) is 0 Å². The fourth-order valence-corrected chi connectivity index (χ4v) is 1.89. The molecule has 98 valence electrons. The Labute approximate surface area is 113 Å². The zero-order chi connectivity index (χ0) is 13.3. The van der Waals surface area contributed by atoms with Crippen LogP contribution in [0.25, 0.3) is 0 Å². The molecule has 0 saturated carbocycles. The summed E-state index contributed by atoms with van der Waals surface area (Å²) in [4.78, 5) is 15.7. The highest BCUT2D eigenvalue weighted by molar-refractivity contribution is 5.92. The van der Waals surface area contributed by atoms with E-state index >= 15 is 0 Å². The molecule has 1 N–H and O–H groups in total. The Morgan fingerprint density at radius 1 is 1.00 bits per heavy atom. The maximum atomic E-state index is 11.7. The molecule has 3 heteroatoms. The van der Waals surface area contributed by atoms with Gasteiger partial charge in [0, 0.05) is 12.7 Å². The Kier molecular flexibility index (Phi) is 5.11. The van der Waals surface area contributed by atoms with E-state index in [2.05, 4.69) is 34.6 Å². The summed E-state index contributed by atoms with van der Waals surface area (Å²) in [5.41, 5.74) is 1.82. The second-order valence-electron chi connectivity index (χ2n) is 4.41. The van der Waals surface area contributed by atoms with E-state index in [0.717, 1.165) is 19.3 Å². The molecule has 2 aromatic rings. The van der Waals surface area contributed by atoms with Crippen molar-refractivity contribution in [1.29, 1.82) is 0 Å². The van der Waals surface area contributed by atoms with Crippen LogP contribution < -0.4 is 5.32 Å². The Morgan fingerprint density at radius 3 is 2.53 bits per heavy atom. The molecule has 3 nitrogen and oxygen atoms in total. The van der Waals surface area contributed by atoms with Crippen LogP contribution in [0.3, 0.4) is 0 Å². The summed E-state index contributed by atoms with van der Waals surface area (Å²) in [5, 5.41) is 2.88. The number of nitrogens with zero attached hydrogens (tertiary/aromatic N) is 1. The number of pyridine rings is 1. The number of hydrogen-bond acceptors (Lipinski definition) is 2. The van der Waals surface area contributed by atoms with Crippen molar-refractivity contribution in [2.45, 2.75) is 19.3 Å². The Balaban J connectivity index is 1.63. The van der Waals surface area contributed by atoms with Gasteiger partial charge in [0.25, 0.3) is 5.91 Å². The number of hydrogen-bond donors (Lipinski definition) is 1. The van der Waals surface area contributed by atoms with Gasteiger partial charge >= 0.3 is 0 Å². The van der Waals surface area contributed by atoms with Crippen molar-refractivity contribution in [3.63, 3.8) is 0 Å². The van der Waals surface area contributed by atoms with E-state index in [-0.39, 0.29) is 5.91 Å². The number of nitrogens with one attached hydrogen (secondary N) is 1. The van der Waals surface area contributed by atoms with Gasteiger partial charge in [0.1, 0.15) is 5.69 Å². The number of carbonyl (C=O) groups excluding carboxylic acids is 1. The predicted molar refractivity (Wildman–Crippen MR) is 76.0 cm³/mol. The number of amides is 1. The third-order valence-corrected chi connectivity index (χ3v) is 2.92. The summed E-state index contributed by atoms with van der Waals surface area (Å²) in [6.45, 7) is 0.697. The molecule has 0 aliphatic carbocycles. The molecule has 0 saturated heterocycles. The minimum atomic E-state index is -0.0969. The molecule has 0 radical (unpaired) electrons. The summed E-state index contributed by atoms with van der Waals surface area (Å²) >= 11 is 0. The van der Waals surface area contributed by atoms with E-state index < -0.39 is 0 Å². The summed E-state index contributed by atoms with van der Waals surface area (Å²) < 4.78 is 0. The lowest BCUT2D eigenvalue weighted by atomic mass is 10.1. The van der Waals surface area contributed by atoms with Gasteiger partial charge in [0.05, 0.1) is 0 Å². The van der Waals surface area contributed by atoms with Gasteiger partial charge in [0.2, 0.25) is 0 Å². The normalized spacial score (nSPS) is 10.1. The van der Waals surface area contributed by atoms with Crippen LogP contribution in [0.1, 0.15) is 28.9 Å². The van der Waals surface area contributed by atoms with Crippen LogP contribution in [0.15, 0.2) is 54.7 Å². The molecule has 0 fully saturated rings. The molecule has 1 heterocycles. The van der Waals surface area contributed by atoms with Gasteiger partial charge in [-0.05, 0) is 37.0 Å². The predicted octanol–water partition coefficient (Wildman–Crippen LogP) is 2.83. The average Bonchev–Trinajstić information content (AvgIpc) is 2.49. The van der Waals surface area contributed by atoms with Crippen LogP contribution in [0.2, 0.25) is 0 Å². The highest BCUT2D eigenvalue weighted by atomic mass is 16.1. The van der Waals surface area contributed by atoms with E-state index in [9.17, 15) is 4.79 Å². The zero-order valence-electron chi connectivity index (χ0n) is 10.9. The van der Waals surface area contributed by atoms with E-state index in [1.165, 1.54) is 5.56 Å². The van der Waals surface area contributed by atoms with Crippen molar-refractivity contribution in [2.75, 3.05) is 6.54 Å². The smallest absolute Gasteiger partial charge is 0.269 e. The number of carbonyl (C=O) groups is 1. The molecule has 0 spiro atoms. The van der Waals surface area contributed by atoms with Crippen molar-refractivity contribution in [3.8, 4) is 0 Å². The van der Waals surface area contributed by atoms with Crippen molar-refractivity contribution in [3.05, 3.63) is 66.0 Å². The molecule has 0 bridgehead atoms. The van der Waals surface area contributed by atoms with Crippen LogP contribution in [0, 0.1) is 0 Å². The van der Waals surface area contributed by atoms with Crippen LogP contribution >= 0.6 is 0 Å². The minimum Gasteiger partial charge on any atom is -0.351 e. The third-order valence-electron chi connectivity index (χ3n) is 2.92. The Morgan fingerprint density at radius 2 is 1.79 bits per heavy atom. The second kappa shape index (κ2) is 7.31. The van der Waals surface area contributed by atoms with E-state index in [4.69, 9.17) is 0 Å². The first-order valence-electron chi connectivity index (χ1n) is 6.59. The number of unbranched alkanes of at least 4 members (excludes halogenated alkanes) is 1. The summed E-state index contributed by atoms with van der Waals surface area (Å²) in [6.07, 6.45) is 4.74. The van der Waals surface area contributed by atoms with Crippen molar-refractivity contribution in [2.24, 2.45) is 0 Å². The molecule has 0 aliphatic rings. The monoisotopic (exact) mass is 254 g/mol. The third kappa shape index (κ3) is 4.54. The summed E-state index contributed by atoms with van der Waals surface area (Å²) in [6, 6.07) is 15.7. The van der Waals surface area contributed by atoms with Gasteiger partial charge in [-0.1, -0.05) is 36.4 Å². The summed E-state index contributed by atoms with van der Waals surface area (Å²) in [5.74, 6) is -0.0969. The SMILES string of the molecule is O=C(NCCCCc1ccccc1)c1ccccn1. The molecule has 1 aromatic carbocycles. The molecule has 0 aliphatic heterocycles. The number of benzene rings is 1. The van der Waals surface area contributed by atoms with Crippen LogP contribution in [0.4, 0.5) is 0 Å². The Bertz CT molecular complexity index is 497. The van der Waals surface area contributed by atoms with E-state index in [1.807, 2.05) is 12.1 Å². The van der Waals surface area contributed by atoms with Gasteiger partial charge in [-0.2, -0.15) is 0 Å². The molecular formula is C16H18N2O. The lowest BCUT2D eigenvalue weighted by molar-refractivity contribution is 0.0948. The van der Waals surface area contributed by atoms with E-state index in [0.29, 0.717) is 12.2 Å². The molecule has 1 amide bonds. The van der Waals surface area contributed by atoms with Crippen molar-refractivity contribution >= 4 is 5.91 Å². The first-order valence-corrected chi connectivity index (χ1v) is 6.59. The van der Waals surface area contributed by atoms with Gasteiger partial charge in [0.15, 0.2) is 0 Å². The first kappa shape index (κ1) is 13.3. The fourth-order valence-electron chi connectivity index (χ4n) is 1.89. The second-order valence-corrected chi connectivity index (χ2v) is 4.41. The lowest BCUT2D eigenvalue weighted by Gasteiger charge is -2.04. The molecule has 2 rings (SSSR count). The first-order chi connectivity index (χ1) is 9.36. The van der Waals surface area contributed by atoms with Gasteiger partial charge in [-0.3, -0.25) is 9.78 Å². The van der Waals surface area contributed by atoms with Gasteiger partial charge in [-0.15, -0.1) is 0 Å². The number of aromatic nitrogens is 1. The quantitative estimate of drug-likeness (QED) is 0.805. The van der Waals surface area contributed by atoms with Gasteiger partial charge < -0.3 is 5.32 Å². The van der Waals surface area contributed by atoms with Crippen molar-refractivity contribution < 1.29 is 4.79 Å². The molecule has 19 heavy (non-hydrogen) atoms. The standard InChI is InChI=1S/C16H18N2O/c19-16(15-11-5-7-12-17-15)18-13-6-4-10-14-8-2-1-3-9-14/h1-3,5,7-9,11-12H,4,6,10,13H2,(H,18,19). The topological polar surface area (TPSA) is 42.0 Å². The largest absolute Gasteiger partial charge is 0.351 e. The zero-order valence-corrected chi connectivity index (χ0v) is 10.9. The average molecular weight is 254 g/mol. The fraction of sp³-hybridized carbons (Fsp3) is 0.250. The number of aryl methyl sites for hydroxylation is 1. The maximum absolute atomic E-state index is 11.7. The summed E-state index contributed by atoms with van der Waals surface area (Å²) in [7, 11) is 0.